The molecular formula is C17H22ClNO2S. The molecule has 0 atom stereocenters. The summed E-state index contributed by atoms with van der Waals surface area (Å²) in [5.41, 5.74) is 1.32. The summed E-state index contributed by atoms with van der Waals surface area (Å²) in [6.45, 7) is 2.12. The molecule has 0 aromatic carbocycles. The van der Waals surface area contributed by atoms with E-state index in [1.165, 1.54) is 20.0 Å². The standard InChI is InChI=1S/C17H22ClNO2S/c1-3-8-22-16-15(18)10-13(11-19-16)14(17(20)21-2)9-12-6-4-5-7-12/h9-12H,3-8H2,1-2H3/b14-9+. The molecular weight excluding hydrogens is 318 g/mol. The number of methoxy groups -OCH3 is 1. The first-order valence-electron chi connectivity index (χ1n) is 7.74. The highest BCUT2D eigenvalue weighted by Crippen LogP contribution is 2.32. The van der Waals surface area contributed by atoms with Crippen LogP contribution in [-0.2, 0) is 9.53 Å². The van der Waals surface area contributed by atoms with Crippen LogP contribution in [0.5, 0.6) is 0 Å². The summed E-state index contributed by atoms with van der Waals surface area (Å²) in [6.07, 6.45) is 9.53. The molecule has 1 fully saturated rings. The van der Waals surface area contributed by atoms with Crippen LogP contribution in [-0.4, -0.2) is 23.8 Å². The summed E-state index contributed by atoms with van der Waals surface area (Å²) >= 11 is 7.95. The van der Waals surface area contributed by atoms with Crippen molar-refractivity contribution in [1.29, 1.82) is 0 Å². The minimum absolute atomic E-state index is 0.321. The number of hydrogen-bond acceptors (Lipinski definition) is 4. The Morgan fingerprint density at radius 3 is 2.82 bits per heavy atom. The van der Waals surface area contributed by atoms with Crippen LogP contribution < -0.4 is 0 Å². The van der Waals surface area contributed by atoms with Crippen LogP contribution in [0.2, 0.25) is 5.02 Å². The van der Waals surface area contributed by atoms with Gasteiger partial charge in [-0.05, 0) is 37.0 Å². The number of pyridine rings is 1. The number of carbonyl (C=O) groups excluding carboxylic acids is 1. The van der Waals surface area contributed by atoms with Crippen molar-refractivity contribution in [3.8, 4) is 0 Å². The first kappa shape index (κ1) is 17.4. The molecule has 0 saturated heterocycles. The average molecular weight is 340 g/mol. The van der Waals surface area contributed by atoms with E-state index >= 15 is 0 Å². The molecule has 0 N–H and O–H groups in total. The topological polar surface area (TPSA) is 39.2 Å². The Hall–Kier alpha value is -1.00. The van der Waals surface area contributed by atoms with Crippen LogP contribution in [0, 0.1) is 5.92 Å². The van der Waals surface area contributed by atoms with Crippen molar-refractivity contribution in [3.05, 3.63) is 28.9 Å². The molecule has 1 heterocycles. The fourth-order valence-electron chi connectivity index (χ4n) is 2.63. The third-order valence-electron chi connectivity index (χ3n) is 3.77. The van der Waals surface area contributed by atoms with E-state index in [1.807, 2.05) is 12.1 Å². The Bertz CT molecular complexity index is 554. The number of ether oxygens (including phenoxy) is 1. The van der Waals surface area contributed by atoms with Crippen molar-refractivity contribution in [3.63, 3.8) is 0 Å². The van der Waals surface area contributed by atoms with E-state index in [4.69, 9.17) is 16.3 Å². The lowest BCUT2D eigenvalue weighted by molar-refractivity contribution is -0.133. The van der Waals surface area contributed by atoms with Gasteiger partial charge in [-0.1, -0.05) is 37.4 Å². The molecule has 120 valence electrons. The smallest absolute Gasteiger partial charge is 0.338 e. The van der Waals surface area contributed by atoms with E-state index in [9.17, 15) is 4.79 Å². The zero-order chi connectivity index (χ0) is 15.9. The van der Waals surface area contributed by atoms with E-state index < -0.39 is 0 Å². The Kier molecular flexibility index (Phi) is 6.77. The van der Waals surface area contributed by atoms with Crippen LogP contribution in [0.15, 0.2) is 23.4 Å². The van der Waals surface area contributed by atoms with E-state index in [-0.39, 0.29) is 5.97 Å². The van der Waals surface area contributed by atoms with Gasteiger partial charge in [0.2, 0.25) is 0 Å². The highest BCUT2D eigenvalue weighted by Gasteiger charge is 2.19. The SMILES string of the molecule is CCCSc1ncc(/C(=C\C2CCCC2)C(=O)OC)cc1Cl. The molecule has 0 aliphatic heterocycles. The van der Waals surface area contributed by atoms with E-state index in [0.717, 1.165) is 35.6 Å². The number of nitrogens with zero attached hydrogens (tertiary/aromatic N) is 1. The van der Waals surface area contributed by atoms with Crippen LogP contribution in [0.4, 0.5) is 0 Å². The van der Waals surface area contributed by atoms with Crippen molar-refractivity contribution < 1.29 is 9.53 Å². The molecule has 5 heteroatoms. The van der Waals surface area contributed by atoms with Gasteiger partial charge in [0.1, 0.15) is 5.03 Å². The average Bonchev–Trinajstić information content (AvgIpc) is 3.04. The number of hydrogen-bond donors (Lipinski definition) is 0. The predicted octanol–water partition coefficient (Wildman–Crippen LogP) is 4.98. The third kappa shape index (κ3) is 4.50. The zero-order valence-electron chi connectivity index (χ0n) is 13.1. The molecule has 2 rings (SSSR count). The lowest BCUT2D eigenvalue weighted by Gasteiger charge is -2.10. The van der Waals surface area contributed by atoms with Crippen molar-refractivity contribution in [2.24, 2.45) is 5.92 Å². The Labute approximate surface area is 141 Å². The maximum atomic E-state index is 12.1. The van der Waals surface area contributed by atoms with Gasteiger partial charge >= 0.3 is 5.97 Å². The first-order chi connectivity index (χ1) is 10.7. The molecule has 1 aliphatic rings. The number of rotatable bonds is 6. The monoisotopic (exact) mass is 339 g/mol. The van der Waals surface area contributed by atoms with Gasteiger partial charge in [0.15, 0.2) is 0 Å². The number of halogens is 1. The van der Waals surface area contributed by atoms with Gasteiger partial charge in [-0.15, -0.1) is 11.8 Å². The second-order valence-electron chi connectivity index (χ2n) is 5.48. The van der Waals surface area contributed by atoms with Crippen molar-refractivity contribution in [2.45, 2.75) is 44.1 Å². The maximum Gasteiger partial charge on any atom is 0.338 e. The van der Waals surface area contributed by atoms with Gasteiger partial charge in [0.25, 0.3) is 0 Å². The normalized spacial score (nSPS) is 16.0. The van der Waals surface area contributed by atoms with E-state index in [1.54, 1.807) is 18.0 Å². The van der Waals surface area contributed by atoms with Crippen LogP contribution in [0.1, 0.15) is 44.6 Å². The molecule has 0 amide bonds. The molecule has 1 aliphatic carbocycles. The van der Waals surface area contributed by atoms with Gasteiger partial charge < -0.3 is 4.74 Å². The molecule has 0 unspecified atom stereocenters. The van der Waals surface area contributed by atoms with E-state index in [0.29, 0.717) is 16.5 Å². The highest BCUT2D eigenvalue weighted by molar-refractivity contribution is 7.99. The summed E-state index contributed by atoms with van der Waals surface area (Å²) in [6, 6.07) is 1.82. The highest BCUT2D eigenvalue weighted by atomic mass is 35.5. The Balaban J connectivity index is 2.27. The lowest BCUT2D eigenvalue weighted by Crippen LogP contribution is -2.06. The summed E-state index contributed by atoms with van der Waals surface area (Å²) in [5, 5.41) is 1.41. The minimum atomic E-state index is -0.321. The van der Waals surface area contributed by atoms with E-state index in [2.05, 4.69) is 11.9 Å². The predicted molar refractivity (Wildman–Crippen MR) is 92.2 cm³/mol. The molecule has 1 saturated carbocycles. The number of aromatic nitrogens is 1. The van der Waals surface area contributed by atoms with Crippen molar-refractivity contribution in [2.75, 3.05) is 12.9 Å². The molecule has 1 aromatic rings. The lowest BCUT2D eigenvalue weighted by atomic mass is 10.00. The largest absolute Gasteiger partial charge is 0.465 e. The maximum absolute atomic E-state index is 12.1. The molecule has 22 heavy (non-hydrogen) atoms. The van der Waals surface area contributed by atoms with Gasteiger partial charge in [0.05, 0.1) is 17.7 Å². The quantitative estimate of drug-likeness (QED) is 0.416. The minimum Gasteiger partial charge on any atom is -0.465 e. The summed E-state index contributed by atoms with van der Waals surface area (Å²) in [7, 11) is 1.41. The molecule has 0 radical (unpaired) electrons. The van der Waals surface area contributed by atoms with Gasteiger partial charge in [-0.25, -0.2) is 9.78 Å². The number of thioether (sulfide) groups is 1. The van der Waals surface area contributed by atoms with Crippen molar-refractivity contribution >= 4 is 34.9 Å². The first-order valence-corrected chi connectivity index (χ1v) is 9.11. The summed E-state index contributed by atoms with van der Waals surface area (Å²) in [4.78, 5) is 16.5. The second kappa shape index (κ2) is 8.59. The van der Waals surface area contributed by atoms with Crippen molar-refractivity contribution in [1.82, 2.24) is 4.98 Å². The Morgan fingerprint density at radius 2 is 2.23 bits per heavy atom. The fourth-order valence-corrected chi connectivity index (χ4v) is 3.68. The molecule has 0 spiro atoms. The van der Waals surface area contributed by atoms with Gasteiger partial charge in [-0.2, -0.15) is 0 Å². The molecule has 0 bridgehead atoms. The molecule has 1 aromatic heterocycles. The molecule has 3 nitrogen and oxygen atoms in total. The summed E-state index contributed by atoms with van der Waals surface area (Å²) in [5.74, 6) is 1.11. The zero-order valence-corrected chi connectivity index (χ0v) is 14.7. The number of carbonyl (C=O) groups is 1. The fraction of sp³-hybridized carbons (Fsp3) is 0.529. The van der Waals surface area contributed by atoms with Crippen LogP contribution >= 0.6 is 23.4 Å². The summed E-state index contributed by atoms with van der Waals surface area (Å²) < 4.78 is 4.93. The third-order valence-corrected chi connectivity index (χ3v) is 5.38. The van der Waals surface area contributed by atoms with Crippen LogP contribution in [0.25, 0.3) is 5.57 Å². The van der Waals surface area contributed by atoms with Crippen LogP contribution in [0.3, 0.4) is 0 Å². The van der Waals surface area contributed by atoms with Gasteiger partial charge in [-0.3, -0.25) is 0 Å². The number of esters is 1. The number of allylic oxidation sites excluding steroid dienone is 1. The second-order valence-corrected chi connectivity index (χ2v) is 6.97. The Morgan fingerprint density at radius 1 is 1.50 bits per heavy atom. The van der Waals surface area contributed by atoms with Gasteiger partial charge in [0, 0.05) is 11.8 Å².